The van der Waals surface area contributed by atoms with Crippen LogP contribution in [0.1, 0.15) is 11.1 Å². The molecule has 1 N–H and O–H groups in total. The first-order chi connectivity index (χ1) is 14.0. The molecule has 2 aromatic rings. The molecule has 0 aliphatic carbocycles. The lowest BCUT2D eigenvalue weighted by Crippen LogP contribution is -2.26. The zero-order valence-electron chi connectivity index (χ0n) is 16.4. The molecule has 8 heteroatoms. The Hall–Kier alpha value is -3.29. The molecule has 0 aliphatic heterocycles. The van der Waals surface area contributed by atoms with Gasteiger partial charge in [0.1, 0.15) is 12.0 Å². The molecule has 0 radical (unpaired) electrons. The summed E-state index contributed by atoms with van der Waals surface area (Å²) in [7, 11) is 4.59. The lowest BCUT2D eigenvalue weighted by molar-refractivity contribution is -0.116. The van der Waals surface area contributed by atoms with E-state index >= 15 is 0 Å². The molecule has 0 fully saturated rings. The van der Waals surface area contributed by atoms with Gasteiger partial charge in [0.15, 0.2) is 11.5 Å². The van der Waals surface area contributed by atoms with Crippen molar-refractivity contribution in [3.8, 4) is 17.2 Å². The third kappa shape index (κ3) is 6.38. The van der Waals surface area contributed by atoms with Crippen molar-refractivity contribution in [3.05, 3.63) is 59.9 Å². The van der Waals surface area contributed by atoms with Crippen LogP contribution in [0.4, 0.5) is 8.78 Å². The fourth-order valence-electron chi connectivity index (χ4n) is 2.59. The monoisotopic (exact) mass is 407 g/mol. The number of hydrogen-bond donors (Lipinski definition) is 1. The van der Waals surface area contributed by atoms with Crippen LogP contribution in [-0.2, 0) is 16.0 Å². The van der Waals surface area contributed by atoms with Gasteiger partial charge in [-0.15, -0.1) is 0 Å². The molecule has 1 amide bonds. The number of nitrogens with one attached hydrogen (secondary N) is 1. The quantitative estimate of drug-likeness (QED) is 0.481. The van der Waals surface area contributed by atoms with Crippen LogP contribution in [-0.4, -0.2) is 40.4 Å². The number of benzene rings is 2. The van der Waals surface area contributed by atoms with Crippen LogP contribution in [0, 0.1) is 0 Å². The molecule has 0 aromatic heterocycles. The van der Waals surface area contributed by atoms with Crippen LogP contribution in [0.25, 0.3) is 5.57 Å². The van der Waals surface area contributed by atoms with Crippen LogP contribution in [0.2, 0.25) is 0 Å². The van der Waals surface area contributed by atoms with Crippen molar-refractivity contribution in [2.24, 2.45) is 0 Å². The standard InChI is InChI=1S/C21H23F2NO5/c1-26-16-7-5-15(6-8-16)17(13-29-21(22)23)20(25)24-11-10-14-4-9-18(27-2)19(12-14)28-3/h4-9,12-13,21H,10-11H2,1-3H3,(H,24,25). The van der Waals surface area contributed by atoms with E-state index in [1.54, 1.807) is 44.6 Å². The van der Waals surface area contributed by atoms with Crippen molar-refractivity contribution in [1.29, 1.82) is 0 Å². The second-order valence-corrected chi connectivity index (χ2v) is 5.85. The molecule has 0 saturated carbocycles. The summed E-state index contributed by atoms with van der Waals surface area (Å²) in [6.07, 6.45) is 1.27. The maximum Gasteiger partial charge on any atom is 0.386 e. The molecule has 0 spiro atoms. The second-order valence-electron chi connectivity index (χ2n) is 5.85. The highest BCUT2D eigenvalue weighted by atomic mass is 19.3. The Kier molecular flexibility index (Phi) is 8.27. The molecule has 0 aliphatic rings. The van der Waals surface area contributed by atoms with E-state index in [2.05, 4.69) is 10.1 Å². The average Bonchev–Trinajstić information content (AvgIpc) is 2.74. The third-order valence-electron chi connectivity index (χ3n) is 4.08. The Morgan fingerprint density at radius 2 is 1.69 bits per heavy atom. The van der Waals surface area contributed by atoms with Gasteiger partial charge in [-0.2, -0.15) is 8.78 Å². The predicted octanol–water partition coefficient (Wildman–Crippen LogP) is 3.65. The van der Waals surface area contributed by atoms with Crippen LogP contribution in [0.3, 0.4) is 0 Å². The van der Waals surface area contributed by atoms with Crippen LogP contribution in [0.15, 0.2) is 48.7 Å². The Morgan fingerprint density at radius 3 is 2.28 bits per heavy atom. The highest BCUT2D eigenvalue weighted by molar-refractivity contribution is 6.19. The fraction of sp³-hybridized carbons (Fsp3) is 0.286. The Balaban J connectivity index is 2.06. The van der Waals surface area contributed by atoms with E-state index < -0.39 is 12.5 Å². The SMILES string of the molecule is COc1ccc(C(=COC(F)F)C(=O)NCCc2ccc(OC)c(OC)c2)cc1. The van der Waals surface area contributed by atoms with Crippen LogP contribution in [0.5, 0.6) is 17.2 Å². The van der Waals surface area contributed by atoms with Gasteiger partial charge in [0.25, 0.3) is 5.91 Å². The van der Waals surface area contributed by atoms with Crippen molar-refractivity contribution in [3.63, 3.8) is 0 Å². The van der Waals surface area contributed by atoms with E-state index in [4.69, 9.17) is 14.2 Å². The number of hydrogen-bond acceptors (Lipinski definition) is 5. The Labute approximate surface area is 168 Å². The summed E-state index contributed by atoms with van der Waals surface area (Å²) < 4.78 is 44.7. The van der Waals surface area contributed by atoms with E-state index in [-0.39, 0.29) is 12.1 Å². The van der Waals surface area contributed by atoms with Gasteiger partial charge in [0.05, 0.1) is 26.9 Å². The Bertz CT molecular complexity index is 837. The minimum absolute atomic E-state index is 0.0136. The predicted molar refractivity (Wildman–Crippen MR) is 104 cm³/mol. The summed E-state index contributed by atoms with van der Waals surface area (Å²) in [5.74, 6) is 1.24. The van der Waals surface area contributed by atoms with Gasteiger partial charge < -0.3 is 24.3 Å². The number of methoxy groups -OCH3 is 3. The smallest absolute Gasteiger partial charge is 0.386 e. The topological polar surface area (TPSA) is 66.0 Å². The first-order valence-electron chi connectivity index (χ1n) is 8.75. The number of alkyl halides is 2. The van der Waals surface area contributed by atoms with Gasteiger partial charge in [-0.05, 0) is 41.8 Å². The van der Waals surface area contributed by atoms with Gasteiger partial charge in [0.2, 0.25) is 0 Å². The normalized spacial score (nSPS) is 11.2. The zero-order valence-corrected chi connectivity index (χ0v) is 16.4. The van der Waals surface area contributed by atoms with Gasteiger partial charge in [-0.1, -0.05) is 18.2 Å². The van der Waals surface area contributed by atoms with E-state index in [0.29, 0.717) is 29.2 Å². The summed E-state index contributed by atoms with van der Waals surface area (Å²) in [5, 5.41) is 2.71. The summed E-state index contributed by atoms with van der Waals surface area (Å²) >= 11 is 0. The summed E-state index contributed by atoms with van der Waals surface area (Å²) in [6, 6.07) is 11.9. The number of carbonyl (C=O) groups excluding carboxylic acids is 1. The van der Waals surface area contributed by atoms with Gasteiger partial charge in [0, 0.05) is 6.54 Å². The number of carbonyl (C=O) groups is 1. The largest absolute Gasteiger partial charge is 0.497 e. The first kappa shape index (κ1) is 22.0. The highest BCUT2D eigenvalue weighted by Gasteiger charge is 2.14. The fourth-order valence-corrected chi connectivity index (χ4v) is 2.59. The summed E-state index contributed by atoms with van der Waals surface area (Å²) in [4.78, 5) is 12.5. The lowest BCUT2D eigenvalue weighted by Gasteiger charge is -2.12. The molecule has 6 nitrogen and oxygen atoms in total. The molecule has 0 unspecified atom stereocenters. The number of ether oxygens (including phenoxy) is 4. The molecule has 156 valence electrons. The molecular weight excluding hydrogens is 384 g/mol. The van der Waals surface area contributed by atoms with E-state index in [1.807, 2.05) is 12.1 Å². The second kappa shape index (κ2) is 10.9. The molecule has 0 bridgehead atoms. The number of amides is 1. The van der Waals surface area contributed by atoms with Crippen molar-refractivity contribution < 1.29 is 32.5 Å². The lowest BCUT2D eigenvalue weighted by atomic mass is 10.1. The van der Waals surface area contributed by atoms with E-state index in [9.17, 15) is 13.6 Å². The average molecular weight is 407 g/mol. The van der Waals surface area contributed by atoms with Crippen molar-refractivity contribution in [1.82, 2.24) is 5.32 Å². The first-order valence-corrected chi connectivity index (χ1v) is 8.75. The minimum atomic E-state index is -3.03. The van der Waals surface area contributed by atoms with Gasteiger partial charge in [-0.25, -0.2) is 0 Å². The van der Waals surface area contributed by atoms with E-state index in [1.165, 1.54) is 7.11 Å². The molecule has 2 aromatic carbocycles. The van der Waals surface area contributed by atoms with Gasteiger partial charge >= 0.3 is 6.61 Å². The molecule has 0 heterocycles. The summed E-state index contributed by atoms with van der Waals surface area (Å²) in [5.41, 5.74) is 1.33. The number of halogens is 2. The zero-order chi connectivity index (χ0) is 21.2. The summed E-state index contributed by atoms with van der Waals surface area (Å²) in [6.45, 7) is -2.74. The number of rotatable bonds is 10. The Morgan fingerprint density at radius 1 is 1.00 bits per heavy atom. The molecule has 2 rings (SSSR count). The maximum absolute atomic E-state index is 12.5. The molecular formula is C21H23F2NO5. The van der Waals surface area contributed by atoms with Gasteiger partial charge in [-0.3, -0.25) is 4.79 Å². The maximum atomic E-state index is 12.5. The van der Waals surface area contributed by atoms with Crippen molar-refractivity contribution in [2.45, 2.75) is 13.0 Å². The minimum Gasteiger partial charge on any atom is -0.497 e. The van der Waals surface area contributed by atoms with Crippen LogP contribution >= 0.6 is 0 Å². The third-order valence-corrected chi connectivity index (χ3v) is 4.08. The van der Waals surface area contributed by atoms with Crippen molar-refractivity contribution in [2.75, 3.05) is 27.9 Å². The van der Waals surface area contributed by atoms with Crippen LogP contribution < -0.4 is 19.5 Å². The molecule has 0 saturated heterocycles. The molecule has 29 heavy (non-hydrogen) atoms. The van der Waals surface area contributed by atoms with E-state index in [0.717, 1.165) is 11.8 Å². The highest BCUT2D eigenvalue weighted by Crippen LogP contribution is 2.27. The van der Waals surface area contributed by atoms with Crippen molar-refractivity contribution >= 4 is 11.5 Å². The molecule has 0 atom stereocenters.